The average molecular weight is 455 g/mol. The minimum Gasteiger partial charge on any atom is -0.368 e. The minimum absolute atomic E-state index is 0.00315. The summed E-state index contributed by atoms with van der Waals surface area (Å²) in [5.74, 6) is -1.32. The maximum atomic E-state index is 14.1. The molecule has 170 valence electrons. The first-order chi connectivity index (χ1) is 16.5. The number of benzene rings is 3. The van der Waals surface area contributed by atoms with Crippen molar-refractivity contribution in [3.63, 3.8) is 0 Å². The van der Waals surface area contributed by atoms with Gasteiger partial charge in [0, 0.05) is 43.6 Å². The van der Waals surface area contributed by atoms with Crippen molar-refractivity contribution in [3.8, 4) is 6.07 Å². The fourth-order valence-electron chi connectivity index (χ4n) is 3.74. The van der Waals surface area contributed by atoms with Crippen molar-refractivity contribution < 1.29 is 14.0 Å². The Morgan fingerprint density at radius 1 is 0.941 bits per heavy atom. The normalized spacial score (nSPS) is 13.5. The van der Waals surface area contributed by atoms with Gasteiger partial charge in [-0.25, -0.2) is 4.39 Å². The molecule has 34 heavy (non-hydrogen) atoms. The molecule has 1 fully saturated rings. The number of nitriles is 1. The molecule has 1 N–H and O–H groups in total. The number of hydrogen-bond acceptors (Lipinski definition) is 4. The fourth-order valence-corrected chi connectivity index (χ4v) is 3.74. The molecule has 6 nitrogen and oxygen atoms in total. The van der Waals surface area contributed by atoms with E-state index >= 15 is 0 Å². The van der Waals surface area contributed by atoms with Gasteiger partial charge in [-0.2, -0.15) is 5.26 Å². The summed E-state index contributed by atoms with van der Waals surface area (Å²) >= 11 is 0. The van der Waals surface area contributed by atoms with Gasteiger partial charge in [0.25, 0.3) is 5.91 Å². The number of carbonyl (C=O) groups excluding carboxylic acids is 2. The third-order valence-electron chi connectivity index (χ3n) is 5.64. The molecule has 1 aliphatic rings. The smallest absolute Gasteiger partial charge is 0.258 e. The van der Waals surface area contributed by atoms with Gasteiger partial charge in [0.2, 0.25) is 5.91 Å². The van der Waals surface area contributed by atoms with E-state index in [0.717, 1.165) is 17.3 Å². The SMILES string of the molecule is N#Cc1ccc(C(=O)Nc2ccc(N3CCN(C(=O)/C=C/c4ccccc4)CC3)cc2)c(F)c1. The Morgan fingerprint density at radius 3 is 2.29 bits per heavy atom. The van der Waals surface area contributed by atoms with Gasteiger partial charge in [0.1, 0.15) is 5.82 Å². The first-order valence-corrected chi connectivity index (χ1v) is 10.9. The molecule has 0 bridgehead atoms. The molecule has 2 amide bonds. The number of rotatable bonds is 5. The molecule has 0 aromatic heterocycles. The van der Waals surface area contributed by atoms with Crippen molar-refractivity contribution in [1.29, 1.82) is 5.26 Å². The van der Waals surface area contributed by atoms with Crippen molar-refractivity contribution in [3.05, 3.63) is 101 Å². The van der Waals surface area contributed by atoms with E-state index in [9.17, 15) is 14.0 Å². The van der Waals surface area contributed by atoms with Gasteiger partial charge in [0.15, 0.2) is 0 Å². The van der Waals surface area contributed by atoms with E-state index in [4.69, 9.17) is 5.26 Å². The number of nitrogens with zero attached hydrogens (tertiary/aromatic N) is 3. The lowest BCUT2D eigenvalue weighted by Crippen LogP contribution is -2.48. The largest absolute Gasteiger partial charge is 0.368 e. The first kappa shape index (κ1) is 22.7. The topological polar surface area (TPSA) is 76.4 Å². The van der Waals surface area contributed by atoms with Crippen LogP contribution in [0.3, 0.4) is 0 Å². The lowest BCUT2D eigenvalue weighted by molar-refractivity contribution is -0.126. The summed E-state index contributed by atoms with van der Waals surface area (Å²) < 4.78 is 14.1. The summed E-state index contributed by atoms with van der Waals surface area (Å²) in [7, 11) is 0. The van der Waals surface area contributed by atoms with E-state index in [2.05, 4.69) is 10.2 Å². The molecule has 7 heteroatoms. The Bertz CT molecular complexity index is 1240. The van der Waals surface area contributed by atoms with E-state index in [-0.39, 0.29) is 17.0 Å². The predicted molar refractivity (Wildman–Crippen MR) is 130 cm³/mol. The van der Waals surface area contributed by atoms with Crippen LogP contribution in [-0.2, 0) is 4.79 Å². The van der Waals surface area contributed by atoms with Crippen molar-refractivity contribution in [2.24, 2.45) is 0 Å². The lowest BCUT2D eigenvalue weighted by atomic mass is 10.1. The number of hydrogen-bond donors (Lipinski definition) is 1. The second-order valence-electron chi connectivity index (χ2n) is 7.86. The Kier molecular flexibility index (Phi) is 6.99. The number of carbonyl (C=O) groups is 2. The molecule has 4 rings (SSSR count). The highest BCUT2D eigenvalue weighted by molar-refractivity contribution is 6.04. The Balaban J connectivity index is 1.31. The van der Waals surface area contributed by atoms with Crippen LogP contribution >= 0.6 is 0 Å². The molecule has 0 saturated carbocycles. The second kappa shape index (κ2) is 10.5. The molecule has 1 saturated heterocycles. The second-order valence-corrected chi connectivity index (χ2v) is 7.86. The standard InChI is InChI=1S/C27H23FN4O2/c28-25-18-21(19-29)6-12-24(25)27(34)30-22-8-10-23(11-9-22)31-14-16-32(17-15-31)26(33)13-7-20-4-2-1-3-5-20/h1-13,18H,14-17H2,(H,30,34)/b13-7+. The molecule has 0 radical (unpaired) electrons. The van der Waals surface area contributed by atoms with Gasteiger partial charge >= 0.3 is 0 Å². The summed E-state index contributed by atoms with van der Waals surface area (Å²) in [4.78, 5) is 28.9. The molecule has 3 aromatic rings. The van der Waals surface area contributed by atoms with E-state index < -0.39 is 11.7 Å². The highest BCUT2D eigenvalue weighted by Gasteiger charge is 2.20. The zero-order valence-electron chi connectivity index (χ0n) is 18.4. The Hall–Kier alpha value is -4.44. The van der Waals surface area contributed by atoms with Gasteiger partial charge in [0.05, 0.1) is 17.2 Å². The summed E-state index contributed by atoms with van der Waals surface area (Å²) in [6, 6.07) is 22.6. The first-order valence-electron chi connectivity index (χ1n) is 10.9. The van der Waals surface area contributed by atoms with Crippen LogP contribution in [0.25, 0.3) is 6.08 Å². The third-order valence-corrected chi connectivity index (χ3v) is 5.64. The molecule has 1 aliphatic heterocycles. The van der Waals surface area contributed by atoms with Crippen molar-refractivity contribution in [1.82, 2.24) is 4.90 Å². The molecule has 3 aromatic carbocycles. The van der Waals surface area contributed by atoms with E-state index in [1.807, 2.05) is 59.5 Å². The van der Waals surface area contributed by atoms with Gasteiger partial charge in [-0.05, 0) is 54.1 Å². The minimum atomic E-state index is -0.737. The van der Waals surface area contributed by atoms with Crippen LogP contribution in [0.5, 0.6) is 0 Å². The molecular weight excluding hydrogens is 431 g/mol. The monoisotopic (exact) mass is 454 g/mol. The Labute approximate surface area is 197 Å². The molecule has 1 heterocycles. The van der Waals surface area contributed by atoms with Crippen molar-refractivity contribution >= 4 is 29.3 Å². The number of nitrogens with one attached hydrogen (secondary N) is 1. The quantitative estimate of drug-likeness (QED) is 0.583. The van der Waals surface area contributed by atoms with Crippen molar-refractivity contribution in [2.45, 2.75) is 0 Å². The molecule has 0 atom stereocenters. The molecule has 0 unspecified atom stereocenters. The van der Waals surface area contributed by atoms with Crippen molar-refractivity contribution in [2.75, 3.05) is 36.4 Å². The zero-order valence-corrected chi connectivity index (χ0v) is 18.4. The number of halogens is 1. The molecule has 0 aliphatic carbocycles. The Morgan fingerprint density at radius 2 is 1.65 bits per heavy atom. The van der Waals surface area contributed by atoms with Crippen LogP contribution in [0.2, 0.25) is 0 Å². The molecular formula is C27H23FN4O2. The highest BCUT2D eigenvalue weighted by Crippen LogP contribution is 2.21. The fraction of sp³-hybridized carbons (Fsp3) is 0.148. The molecule has 0 spiro atoms. The van der Waals surface area contributed by atoms with E-state index in [0.29, 0.717) is 31.9 Å². The highest BCUT2D eigenvalue weighted by atomic mass is 19.1. The zero-order chi connectivity index (χ0) is 23.9. The number of amides is 2. The third kappa shape index (κ3) is 5.48. The van der Waals surface area contributed by atoms with Gasteiger partial charge in [-0.1, -0.05) is 30.3 Å². The maximum Gasteiger partial charge on any atom is 0.258 e. The number of anilines is 2. The van der Waals surface area contributed by atoms with Crippen LogP contribution in [0.15, 0.2) is 78.9 Å². The van der Waals surface area contributed by atoms with Gasteiger partial charge in [-0.15, -0.1) is 0 Å². The van der Waals surface area contributed by atoms with Crippen LogP contribution in [-0.4, -0.2) is 42.9 Å². The van der Waals surface area contributed by atoms with Gasteiger partial charge in [-0.3, -0.25) is 9.59 Å². The maximum absolute atomic E-state index is 14.1. The predicted octanol–water partition coefficient (Wildman–Crippen LogP) is 4.31. The lowest BCUT2D eigenvalue weighted by Gasteiger charge is -2.35. The number of piperazine rings is 1. The van der Waals surface area contributed by atoms with Gasteiger partial charge < -0.3 is 15.1 Å². The van der Waals surface area contributed by atoms with Crippen LogP contribution in [0.1, 0.15) is 21.5 Å². The summed E-state index contributed by atoms with van der Waals surface area (Å²) in [5.41, 5.74) is 2.55. The van der Waals surface area contributed by atoms with E-state index in [1.165, 1.54) is 12.1 Å². The van der Waals surface area contributed by atoms with Crippen LogP contribution < -0.4 is 10.2 Å². The van der Waals surface area contributed by atoms with Crippen LogP contribution in [0.4, 0.5) is 15.8 Å². The average Bonchev–Trinajstić information content (AvgIpc) is 2.88. The van der Waals surface area contributed by atoms with E-state index in [1.54, 1.807) is 18.2 Å². The summed E-state index contributed by atoms with van der Waals surface area (Å²) in [6.45, 7) is 2.64. The van der Waals surface area contributed by atoms with Crippen LogP contribution in [0, 0.1) is 17.1 Å². The summed E-state index contributed by atoms with van der Waals surface area (Å²) in [5, 5.41) is 11.5. The summed E-state index contributed by atoms with van der Waals surface area (Å²) in [6.07, 6.45) is 3.44.